The number of piperidine rings is 1. The van der Waals surface area contributed by atoms with Gasteiger partial charge in [-0.3, -0.25) is 4.79 Å². The number of nitrogens with zero attached hydrogens (tertiary/aromatic N) is 2. The van der Waals surface area contributed by atoms with E-state index in [9.17, 15) is 13.2 Å². The molecule has 0 aromatic heterocycles. The molecule has 118 valence electrons. The Morgan fingerprint density at radius 3 is 2.30 bits per heavy atom. The summed E-state index contributed by atoms with van der Waals surface area (Å²) in [4.78, 5) is 14.0. The van der Waals surface area contributed by atoms with Crippen LogP contribution in [0.5, 0.6) is 0 Å². The highest BCUT2D eigenvalue weighted by Crippen LogP contribution is 2.22. The van der Waals surface area contributed by atoms with Gasteiger partial charge < -0.3 is 4.90 Å². The highest BCUT2D eigenvalue weighted by Gasteiger charge is 2.31. The molecule has 5 nitrogen and oxygen atoms in total. The first kappa shape index (κ1) is 17.4. The molecular weight excluding hydrogens is 276 g/mol. The summed E-state index contributed by atoms with van der Waals surface area (Å²) in [7, 11) is -1.26. The van der Waals surface area contributed by atoms with Crippen molar-refractivity contribution in [2.24, 2.45) is 5.92 Å². The standard InChI is InChI=1S/C14H28N2O3S/c1-4-6-9-15(3)14(17)13-7-10-16(11-8-13)20(18,19)12-5-2/h13H,4-12H2,1-3H3. The Morgan fingerprint density at radius 2 is 1.80 bits per heavy atom. The number of sulfonamides is 1. The van der Waals surface area contributed by atoms with Crippen LogP contribution in [0.3, 0.4) is 0 Å². The van der Waals surface area contributed by atoms with E-state index in [4.69, 9.17) is 0 Å². The van der Waals surface area contributed by atoms with Crippen molar-refractivity contribution in [1.82, 2.24) is 9.21 Å². The maximum atomic E-state index is 12.2. The fourth-order valence-electron chi connectivity index (χ4n) is 2.59. The summed E-state index contributed by atoms with van der Waals surface area (Å²) in [6.07, 6.45) is 4.04. The smallest absolute Gasteiger partial charge is 0.225 e. The summed E-state index contributed by atoms with van der Waals surface area (Å²) in [6.45, 7) is 5.75. The number of amides is 1. The molecule has 1 fully saturated rings. The molecule has 1 aliphatic rings. The molecular formula is C14H28N2O3S. The maximum absolute atomic E-state index is 12.2. The molecule has 0 radical (unpaired) electrons. The van der Waals surface area contributed by atoms with Gasteiger partial charge in [0.25, 0.3) is 0 Å². The maximum Gasteiger partial charge on any atom is 0.225 e. The zero-order chi connectivity index (χ0) is 15.2. The van der Waals surface area contributed by atoms with E-state index >= 15 is 0 Å². The Morgan fingerprint density at radius 1 is 1.20 bits per heavy atom. The van der Waals surface area contributed by atoms with E-state index in [0.717, 1.165) is 19.4 Å². The third-order valence-electron chi connectivity index (χ3n) is 3.88. The largest absolute Gasteiger partial charge is 0.346 e. The van der Waals surface area contributed by atoms with Gasteiger partial charge in [0, 0.05) is 32.6 Å². The normalized spacial score (nSPS) is 18.1. The van der Waals surface area contributed by atoms with E-state index in [1.807, 2.05) is 14.0 Å². The van der Waals surface area contributed by atoms with Crippen LogP contribution in [-0.4, -0.2) is 56.0 Å². The Bertz CT molecular complexity index is 401. The number of rotatable bonds is 7. The lowest BCUT2D eigenvalue weighted by molar-refractivity contribution is -0.135. The molecule has 0 aromatic carbocycles. The van der Waals surface area contributed by atoms with Crippen LogP contribution in [0.4, 0.5) is 0 Å². The van der Waals surface area contributed by atoms with Gasteiger partial charge in [-0.2, -0.15) is 0 Å². The second-order valence-electron chi connectivity index (χ2n) is 5.60. The monoisotopic (exact) mass is 304 g/mol. The number of hydrogen-bond acceptors (Lipinski definition) is 3. The molecule has 0 atom stereocenters. The van der Waals surface area contributed by atoms with Crippen molar-refractivity contribution in [3.05, 3.63) is 0 Å². The Kier molecular flexibility index (Phi) is 6.95. The van der Waals surface area contributed by atoms with Gasteiger partial charge in [0.05, 0.1) is 5.75 Å². The van der Waals surface area contributed by atoms with Crippen LogP contribution in [-0.2, 0) is 14.8 Å². The molecule has 0 saturated carbocycles. The van der Waals surface area contributed by atoms with E-state index in [-0.39, 0.29) is 17.6 Å². The fourth-order valence-corrected chi connectivity index (χ4v) is 4.13. The molecule has 0 N–H and O–H groups in total. The van der Waals surface area contributed by atoms with Gasteiger partial charge in [-0.05, 0) is 25.7 Å². The van der Waals surface area contributed by atoms with E-state index in [0.29, 0.717) is 32.4 Å². The van der Waals surface area contributed by atoms with Crippen molar-refractivity contribution in [2.45, 2.75) is 46.0 Å². The van der Waals surface area contributed by atoms with E-state index in [2.05, 4.69) is 6.92 Å². The third-order valence-corrected chi connectivity index (χ3v) is 5.96. The van der Waals surface area contributed by atoms with Crippen LogP contribution >= 0.6 is 0 Å². The highest BCUT2D eigenvalue weighted by atomic mass is 32.2. The number of carbonyl (C=O) groups excluding carboxylic acids is 1. The van der Waals surface area contributed by atoms with Crippen molar-refractivity contribution in [2.75, 3.05) is 32.4 Å². The minimum absolute atomic E-state index is 0.00932. The van der Waals surface area contributed by atoms with Gasteiger partial charge in [-0.15, -0.1) is 0 Å². The molecule has 0 aliphatic carbocycles. The van der Waals surface area contributed by atoms with Gasteiger partial charge in [0.15, 0.2) is 0 Å². The van der Waals surface area contributed by atoms with E-state index in [1.165, 1.54) is 0 Å². The van der Waals surface area contributed by atoms with Crippen molar-refractivity contribution in [3.63, 3.8) is 0 Å². The number of carbonyl (C=O) groups is 1. The van der Waals surface area contributed by atoms with Crippen LogP contribution < -0.4 is 0 Å². The summed E-state index contributed by atoms with van der Waals surface area (Å²) < 4.78 is 25.5. The van der Waals surface area contributed by atoms with Gasteiger partial charge in [-0.1, -0.05) is 20.3 Å². The molecule has 6 heteroatoms. The lowest BCUT2D eigenvalue weighted by Gasteiger charge is -2.32. The number of hydrogen-bond donors (Lipinski definition) is 0. The van der Waals surface area contributed by atoms with Crippen molar-refractivity contribution >= 4 is 15.9 Å². The Balaban J connectivity index is 2.48. The predicted octanol–water partition coefficient (Wildman–Crippen LogP) is 1.70. The summed E-state index contributed by atoms with van der Waals surface area (Å²) in [5, 5.41) is 0. The Hall–Kier alpha value is -0.620. The quantitative estimate of drug-likeness (QED) is 0.719. The SMILES string of the molecule is CCCCN(C)C(=O)C1CCN(S(=O)(=O)CCC)CC1. The van der Waals surface area contributed by atoms with E-state index < -0.39 is 10.0 Å². The lowest BCUT2D eigenvalue weighted by Crippen LogP contribution is -2.44. The minimum atomic E-state index is -3.11. The molecule has 1 rings (SSSR count). The van der Waals surface area contributed by atoms with Crippen LogP contribution in [0, 0.1) is 5.92 Å². The molecule has 0 spiro atoms. The van der Waals surface area contributed by atoms with Crippen LogP contribution in [0.1, 0.15) is 46.0 Å². The molecule has 0 unspecified atom stereocenters. The molecule has 20 heavy (non-hydrogen) atoms. The minimum Gasteiger partial charge on any atom is -0.346 e. The predicted molar refractivity (Wildman–Crippen MR) is 80.9 cm³/mol. The molecule has 1 aliphatic heterocycles. The number of unbranched alkanes of at least 4 members (excludes halogenated alkanes) is 1. The topological polar surface area (TPSA) is 57.7 Å². The molecule has 1 saturated heterocycles. The summed E-state index contributed by atoms with van der Waals surface area (Å²) in [5.74, 6) is 0.373. The zero-order valence-electron chi connectivity index (χ0n) is 13.0. The van der Waals surface area contributed by atoms with Crippen molar-refractivity contribution in [1.29, 1.82) is 0 Å². The summed E-state index contributed by atoms with van der Waals surface area (Å²) in [6, 6.07) is 0. The molecule has 0 aromatic rings. The second-order valence-corrected chi connectivity index (χ2v) is 7.69. The van der Waals surface area contributed by atoms with E-state index in [1.54, 1.807) is 9.21 Å². The lowest BCUT2D eigenvalue weighted by atomic mass is 9.96. The van der Waals surface area contributed by atoms with Gasteiger partial charge in [0.2, 0.25) is 15.9 Å². The van der Waals surface area contributed by atoms with Gasteiger partial charge >= 0.3 is 0 Å². The van der Waals surface area contributed by atoms with Crippen LogP contribution in [0.25, 0.3) is 0 Å². The first-order valence-electron chi connectivity index (χ1n) is 7.65. The second kappa shape index (κ2) is 7.98. The van der Waals surface area contributed by atoms with Gasteiger partial charge in [-0.25, -0.2) is 12.7 Å². The third kappa shape index (κ3) is 4.74. The van der Waals surface area contributed by atoms with Crippen molar-refractivity contribution in [3.8, 4) is 0 Å². The first-order chi connectivity index (χ1) is 9.42. The van der Waals surface area contributed by atoms with Crippen molar-refractivity contribution < 1.29 is 13.2 Å². The Labute approximate surface area is 123 Å². The highest BCUT2D eigenvalue weighted by molar-refractivity contribution is 7.89. The summed E-state index contributed by atoms with van der Waals surface area (Å²) >= 11 is 0. The van der Waals surface area contributed by atoms with Crippen LogP contribution in [0.15, 0.2) is 0 Å². The molecule has 1 amide bonds. The first-order valence-corrected chi connectivity index (χ1v) is 9.26. The van der Waals surface area contributed by atoms with Crippen LogP contribution in [0.2, 0.25) is 0 Å². The summed E-state index contributed by atoms with van der Waals surface area (Å²) in [5.41, 5.74) is 0. The molecule has 0 bridgehead atoms. The average molecular weight is 304 g/mol. The molecule has 1 heterocycles. The van der Waals surface area contributed by atoms with Gasteiger partial charge in [0.1, 0.15) is 0 Å². The average Bonchev–Trinajstić information content (AvgIpc) is 2.44. The zero-order valence-corrected chi connectivity index (χ0v) is 13.8. The fraction of sp³-hybridized carbons (Fsp3) is 0.929.